The monoisotopic (exact) mass is 486 g/mol. The van der Waals surface area contributed by atoms with E-state index in [0.29, 0.717) is 0 Å². The van der Waals surface area contributed by atoms with Crippen LogP contribution in [0.3, 0.4) is 0 Å². The van der Waals surface area contributed by atoms with Gasteiger partial charge in [-0.25, -0.2) is 0 Å². The van der Waals surface area contributed by atoms with Crippen molar-refractivity contribution in [2.24, 2.45) is 0 Å². The van der Waals surface area contributed by atoms with Gasteiger partial charge >= 0.3 is 0 Å². The molecule has 0 aromatic carbocycles. The molecule has 0 bridgehead atoms. The van der Waals surface area contributed by atoms with Gasteiger partial charge in [-0.1, -0.05) is 0 Å². The second-order valence-corrected chi connectivity index (χ2v) is 8.52. The van der Waals surface area contributed by atoms with Crippen molar-refractivity contribution in [2.45, 2.75) is 106 Å². The summed E-state index contributed by atoms with van der Waals surface area (Å²) in [4.78, 5) is 0. The summed E-state index contributed by atoms with van der Waals surface area (Å²) in [7, 11) is 1.28. The number of methoxy groups -OCH3 is 1. The minimum atomic E-state index is -1.74. The molecule has 14 heteroatoms. The molecule has 15 atom stereocenters. The summed E-state index contributed by atoms with van der Waals surface area (Å²) in [5.41, 5.74) is 0. The molecule has 194 valence electrons. The van der Waals surface area contributed by atoms with E-state index in [1.54, 1.807) is 0 Å². The average molecular weight is 486 g/mol. The molecule has 3 rings (SSSR count). The van der Waals surface area contributed by atoms with Gasteiger partial charge in [0.25, 0.3) is 0 Å². The van der Waals surface area contributed by atoms with E-state index in [4.69, 9.17) is 28.4 Å². The molecular formula is C19H34O14. The summed E-state index contributed by atoms with van der Waals surface area (Å²) < 4.78 is 33.2. The van der Waals surface area contributed by atoms with Crippen molar-refractivity contribution >= 4 is 0 Å². The first kappa shape index (κ1) is 27.0. The summed E-state index contributed by atoms with van der Waals surface area (Å²) in [5.74, 6) is 0. The molecule has 0 unspecified atom stereocenters. The molecule has 0 spiro atoms. The summed E-state index contributed by atoms with van der Waals surface area (Å²) >= 11 is 0. The topological polar surface area (TPSA) is 217 Å². The zero-order valence-corrected chi connectivity index (χ0v) is 18.4. The molecule has 0 aromatic rings. The number of hydrogen-bond acceptors (Lipinski definition) is 14. The maximum Gasteiger partial charge on any atom is 0.187 e. The Bertz CT molecular complexity index is 623. The molecule has 14 nitrogen and oxygen atoms in total. The lowest BCUT2D eigenvalue weighted by Crippen LogP contribution is -2.66. The van der Waals surface area contributed by atoms with Gasteiger partial charge < -0.3 is 69.3 Å². The molecule has 8 N–H and O–H groups in total. The van der Waals surface area contributed by atoms with Gasteiger partial charge in [0, 0.05) is 7.11 Å². The van der Waals surface area contributed by atoms with Crippen LogP contribution in [-0.2, 0) is 28.4 Å². The van der Waals surface area contributed by atoms with E-state index in [1.807, 2.05) is 0 Å². The van der Waals surface area contributed by atoms with Crippen LogP contribution in [-0.4, -0.2) is 147 Å². The second kappa shape index (κ2) is 11.0. The first-order valence-electron chi connectivity index (χ1n) is 10.7. The van der Waals surface area contributed by atoms with Crippen molar-refractivity contribution in [3.8, 4) is 0 Å². The molecule has 3 aliphatic heterocycles. The van der Waals surface area contributed by atoms with Gasteiger partial charge in [0.1, 0.15) is 61.0 Å². The Morgan fingerprint density at radius 2 is 1.06 bits per heavy atom. The van der Waals surface area contributed by atoms with Crippen molar-refractivity contribution in [3.05, 3.63) is 0 Å². The third kappa shape index (κ3) is 5.34. The zero-order valence-electron chi connectivity index (χ0n) is 18.4. The Hall–Kier alpha value is -0.560. The molecule has 0 amide bonds. The van der Waals surface area contributed by atoms with Crippen molar-refractivity contribution in [2.75, 3.05) is 13.7 Å². The minimum absolute atomic E-state index is 0.681. The Morgan fingerprint density at radius 3 is 1.64 bits per heavy atom. The molecule has 3 saturated heterocycles. The first-order valence-corrected chi connectivity index (χ1v) is 10.7. The highest BCUT2D eigenvalue weighted by atomic mass is 16.8. The highest BCUT2D eigenvalue weighted by molar-refractivity contribution is 4.95. The van der Waals surface area contributed by atoms with Crippen molar-refractivity contribution in [3.63, 3.8) is 0 Å². The van der Waals surface area contributed by atoms with E-state index in [9.17, 15) is 40.9 Å². The fourth-order valence-corrected chi connectivity index (χ4v) is 4.09. The highest BCUT2D eigenvalue weighted by Crippen LogP contribution is 2.33. The number of ether oxygens (including phenoxy) is 6. The second-order valence-electron chi connectivity index (χ2n) is 8.52. The third-order valence-electron chi connectivity index (χ3n) is 6.23. The van der Waals surface area contributed by atoms with Crippen molar-refractivity contribution in [1.82, 2.24) is 0 Å². The van der Waals surface area contributed by atoms with E-state index in [-0.39, 0.29) is 0 Å². The summed E-state index contributed by atoms with van der Waals surface area (Å²) in [6.45, 7) is 2.30. The normalized spacial score (nSPS) is 53.7. The smallest absolute Gasteiger partial charge is 0.187 e. The molecule has 33 heavy (non-hydrogen) atoms. The standard InChI is InChI=1S/C19H34O14/c1-5-8(21)11(24)13(26)17(29-5)32-15-9(22)6(2)30-19(28-3)16(15)33-18-14(27)12(25)10(23)7(4-20)31-18/h5-27H,4H2,1-3H3/t5-,6+,7+,8-,9+,10+,11+,12-,13-,14+,15-,16+,17+,18-,19+/m0/s1. The number of aliphatic hydroxyl groups is 8. The van der Waals surface area contributed by atoms with Gasteiger partial charge in [-0.15, -0.1) is 0 Å². The predicted octanol–water partition coefficient (Wildman–Crippen LogP) is -4.86. The third-order valence-corrected chi connectivity index (χ3v) is 6.23. The van der Waals surface area contributed by atoms with Crippen LogP contribution in [0, 0.1) is 0 Å². The Kier molecular flexibility index (Phi) is 9.02. The Labute approximate surface area is 189 Å². The van der Waals surface area contributed by atoms with E-state index < -0.39 is 98.7 Å². The van der Waals surface area contributed by atoms with Crippen molar-refractivity contribution < 1.29 is 69.3 Å². The van der Waals surface area contributed by atoms with E-state index >= 15 is 0 Å². The maximum atomic E-state index is 10.7. The zero-order chi connectivity index (χ0) is 24.6. The molecular weight excluding hydrogens is 452 g/mol. The molecule has 0 saturated carbocycles. The summed E-state index contributed by atoms with van der Waals surface area (Å²) in [6.07, 6.45) is -21.0. The minimum Gasteiger partial charge on any atom is -0.394 e. The van der Waals surface area contributed by atoms with Crippen LogP contribution in [0.1, 0.15) is 13.8 Å². The fourth-order valence-electron chi connectivity index (χ4n) is 4.09. The fraction of sp³-hybridized carbons (Fsp3) is 1.00. The Balaban J connectivity index is 1.83. The number of rotatable bonds is 6. The highest BCUT2D eigenvalue weighted by Gasteiger charge is 2.53. The molecule has 3 heterocycles. The van der Waals surface area contributed by atoms with Crippen molar-refractivity contribution in [1.29, 1.82) is 0 Å². The average Bonchev–Trinajstić information content (AvgIpc) is 2.80. The van der Waals surface area contributed by atoms with Gasteiger partial charge in [-0.2, -0.15) is 0 Å². The quantitative estimate of drug-likeness (QED) is 0.177. The van der Waals surface area contributed by atoms with Gasteiger partial charge in [-0.05, 0) is 13.8 Å². The van der Waals surface area contributed by atoms with E-state index in [1.165, 1.54) is 21.0 Å². The SMILES string of the molecule is CO[C@@H]1O[C@H](C)[C@@H](O)[C@H](O[C@H]2O[C@@H](C)[C@H](O)[C@@H](O)[C@@H]2O)[C@H]1O[C@@H]1O[C@H](CO)[C@@H](O)[C@H](O)[C@H]1O. The molecule has 3 aliphatic rings. The Morgan fingerprint density at radius 1 is 0.576 bits per heavy atom. The maximum absolute atomic E-state index is 10.7. The lowest BCUT2D eigenvalue weighted by molar-refractivity contribution is -0.386. The first-order chi connectivity index (χ1) is 15.5. The van der Waals surface area contributed by atoms with E-state index in [0.717, 1.165) is 0 Å². The number of aliphatic hydroxyl groups excluding tert-OH is 8. The lowest BCUT2D eigenvalue weighted by atomic mass is 9.96. The van der Waals surface area contributed by atoms with Crippen LogP contribution in [0.4, 0.5) is 0 Å². The summed E-state index contributed by atoms with van der Waals surface area (Å²) in [6, 6.07) is 0. The molecule has 0 aliphatic carbocycles. The molecule has 0 radical (unpaired) electrons. The summed E-state index contributed by atoms with van der Waals surface area (Å²) in [5, 5.41) is 80.8. The predicted molar refractivity (Wildman–Crippen MR) is 103 cm³/mol. The lowest BCUT2D eigenvalue weighted by Gasteiger charge is -2.48. The van der Waals surface area contributed by atoms with Gasteiger partial charge in [0.05, 0.1) is 18.8 Å². The molecule has 0 aromatic heterocycles. The van der Waals surface area contributed by atoms with Gasteiger partial charge in [-0.3, -0.25) is 0 Å². The van der Waals surface area contributed by atoms with Crippen LogP contribution in [0.15, 0.2) is 0 Å². The largest absolute Gasteiger partial charge is 0.394 e. The van der Waals surface area contributed by atoms with Crippen LogP contribution >= 0.6 is 0 Å². The van der Waals surface area contributed by atoms with Gasteiger partial charge in [0.2, 0.25) is 0 Å². The van der Waals surface area contributed by atoms with Gasteiger partial charge in [0.15, 0.2) is 18.9 Å². The van der Waals surface area contributed by atoms with Crippen LogP contribution in [0.5, 0.6) is 0 Å². The number of hydrogen-bond donors (Lipinski definition) is 8. The van der Waals surface area contributed by atoms with E-state index in [2.05, 4.69) is 0 Å². The van der Waals surface area contributed by atoms with Crippen LogP contribution < -0.4 is 0 Å². The molecule has 3 fully saturated rings. The van der Waals surface area contributed by atoms with Crippen LogP contribution in [0.25, 0.3) is 0 Å². The van der Waals surface area contributed by atoms with Crippen LogP contribution in [0.2, 0.25) is 0 Å².